The van der Waals surface area contributed by atoms with E-state index in [9.17, 15) is 22.8 Å². The van der Waals surface area contributed by atoms with Gasteiger partial charge in [0.15, 0.2) is 0 Å². The van der Waals surface area contributed by atoms with Crippen molar-refractivity contribution < 1.29 is 27.9 Å². The number of hydrogen-bond acceptors (Lipinski definition) is 3. The van der Waals surface area contributed by atoms with Crippen molar-refractivity contribution in [2.45, 2.75) is 43.8 Å². The van der Waals surface area contributed by atoms with Crippen LogP contribution in [0, 0.1) is 5.41 Å². The number of carbonyl (C=O) groups is 2. The molecular weight excluding hydrogens is 423 g/mol. The Morgan fingerprint density at radius 1 is 1.12 bits per heavy atom. The highest BCUT2D eigenvalue weighted by atomic mass is 19.4. The Bertz CT molecular complexity index is 1210. The molecule has 2 aromatic heterocycles. The number of rotatable bonds is 6. The molecule has 166 valence electrons. The summed E-state index contributed by atoms with van der Waals surface area (Å²) in [6.45, 7) is 0. The molecule has 1 aromatic carbocycles. The highest BCUT2D eigenvalue weighted by molar-refractivity contribution is 6.02. The molecule has 3 saturated carbocycles. The Labute approximate surface area is 181 Å². The van der Waals surface area contributed by atoms with E-state index in [1.807, 2.05) is 6.07 Å². The van der Waals surface area contributed by atoms with Gasteiger partial charge in [-0.15, -0.1) is 0 Å². The minimum Gasteiger partial charge on any atom is -0.481 e. The van der Waals surface area contributed by atoms with Crippen molar-refractivity contribution in [2.24, 2.45) is 5.41 Å². The highest BCUT2D eigenvalue weighted by Crippen LogP contribution is 2.69. The first-order chi connectivity index (χ1) is 15.1. The van der Waals surface area contributed by atoms with Crippen LogP contribution in [0.25, 0.3) is 5.52 Å². The average Bonchev–Trinajstić information content (AvgIpc) is 3.10. The van der Waals surface area contributed by atoms with E-state index in [4.69, 9.17) is 5.11 Å². The second-order valence-electron chi connectivity index (χ2n) is 9.09. The summed E-state index contributed by atoms with van der Waals surface area (Å²) >= 11 is 0. The predicted octanol–water partition coefficient (Wildman–Crippen LogP) is 4.07. The number of hydrogen-bond donors (Lipinski definition) is 2. The van der Waals surface area contributed by atoms with Crippen LogP contribution < -0.4 is 5.32 Å². The summed E-state index contributed by atoms with van der Waals surface area (Å²) in [5.74, 6) is -1.09. The van der Waals surface area contributed by atoms with Gasteiger partial charge in [-0.1, -0.05) is 18.2 Å². The van der Waals surface area contributed by atoms with Crippen molar-refractivity contribution in [2.75, 3.05) is 0 Å². The molecule has 3 aliphatic rings. The average molecular weight is 443 g/mol. The molecule has 0 aliphatic heterocycles. The first-order valence-electron chi connectivity index (χ1n) is 10.2. The molecule has 0 radical (unpaired) electrons. The van der Waals surface area contributed by atoms with Gasteiger partial charge in [-0.25, -0.2) is 4.52 Å². The van der Waals surface area contributed by atoms with Crippen LogP contribution in [0.4, 0.5) is 13.2 Å². The second-order valence-corrected chi connectivity index (χ2v) is 9.09. The summed E-state index contributed by atoms with van der Waals surface area (Å²) in [6, 6.07) is 8.58. The number of halogens is 3. The summed E-state index contributed by atoms with van der Waals surface area (Å²) in [7, 11) is 0. The lowest BCUT2D eigenvalue weighted by Crippen LogP contribution is -2.74. The van der Waals surface area contributed by atoms with Crippen LogP contribution in [0.15, 0.2) is 48.8 Å². The number of carbonyl (C=O) groups excluding carboxylic acids is 1. The summed E-state index contributed by atoms with van der Waals surface area (Å²) in [5.41, 5.74) is 1.23. The lowest BCUT2D eigenvalue weighted by Gasteiger charge is -2.70. The van der Waals surface area contributed by atoms with E-state index < -0.39 is 17.7 Å². The second kappa shape index (κ2) is 6.82. The van der Waals surface area contributed by atoms with Crippen LogP contribution in [0.5, 0.6) is 0 Å². The molecule has 3 aliphatic carbocycles. The third-order valence-electron chi connectivity index (χ3n) is 6.59. The van der Waals surface area contributed by atoms with Crippen LogP contribution in [0.1, 0.15) is 52.7 Å². The van der Waals surface area contributed by atoms with Gasteiger partial charge < -0.3 is 10.4 Å². The summed E-state index contributed by atoms with van der Waals surface area (Å²) in [4.78, 5) is 24.0. The third-order valence-corrected chi connectivity index (χ3v) is 6.59. The summed E-state index contributed by atoms with van der Waals surface area (Å²) < 4.78 is 40.1. The number of fused-ring (bicyclic) bond motifs is 1. The molecule has 2 bridgehead atoms. The normalized spacial score (nSPS) is 24.0. The van der Waals surface area contributed by atoms with Gasteiger partial charge in [0.1, 0.15) is 0 Å². The minimum absolute atomic E-state index is 0.124. The molecule has 0 atom stereocenters. The standard InChI is InChI=1S/C23H20F3N3O3/c24-23(25,26)16-5-3-14(4-6-16)8-15-2-1-7-29-19(15)17(10-27-29)20(32)28-22-11-21(12-22,13-22)9-18(30)31/h1-7,10H,8-9,11-13H2,(H,28,32)(H,30,31). The summed E-state index contributed by atoms with van der Waals surface area (Å²) in [6.07, 6.45) is 1.27. The van der Waals surface area contributed by atoms with Gasteiger partial charge >= 0.3 is 12.1 Å². The van der Waals surface area contributed by atoms with Crippen LogP contribution in [-0.2, 0) is 17.4 Å². The lowest BCUT2D eigenvalue weighted by atomic mass is 9.38. The number of carboxylic acids is 1. The molecular formula is C23H20F3N3O3. The van der Waals surface area contributed by atoms with Gasteiger partial charge in [0.2, 0.25) is 0 Å². The minimum atomic E-state index is -4.39. The zero-order valence-corrected chi connectivity index (χ0v) is 16.9. The topological polar surface area (TPSA) is 83.7 Å². The molecule has 0 unspecified atom stereocenters. The fourth-order valence-corrected chi connectivity index (χ4v) is 5.40. The van der Waals surface area contributed by atoms with E-state index in [-0.39, 0.29) is 23.3 Å². The van der Waals surface area contributed by atoms with Gasteiger partial charge in [0, 0.05) is 11.7 Å². The molecule has 6 nitrogen and oxygen atoms in total. The molecule has 32 heavy (non-hydrogen) atoms. The van der Waals surface area contributed by atoms with E-state index >= 15 is 0 Å². The quantitative estimate of drug-likeness (QED) is 0.602. The Balaban J connectivity index is 1.36. The van der Waals surface area contributed by atoms with Gasteiger partial charge in [0.25, 0.3) is 5.91 Å². The molecule has 2 N–H and O–H groups in total. The number of amides is 1. The van der Waals surface area contributed by atoms with Crippen molar-refractivity contribution >= 4 is 17.4 Å². The molecule has 3 fully saturated rings. The van der Waals surface area contributed by atoms with E-state index in [2.05, 4.69) is 10.4 Å². The first kappa shape index (κ1) is 20.5. The largest absolute Gasteiger partial charge is 0.481 e. The van der Waals surface area contributed by atoms with Crippen LogP contribution >= 0.6 is 0 Å². The molecule has 0 saturated heterocycles. The van der Waals surface area contributed by atoms with Crippen LogP contribution in [0.3, 0.4) is 0 Å². The van der Waals surface area contributed by atoms with Gasteiger partial charge in [-0.05, 0) is 60.4 Å². The van der Waals surface area contributed by atoms with E-state index in [1.165, 1.54) is 18.3 Å². The Morgan fingerprint density at radius 2 is 1.81 bits per heavy atom. The van der Waals surface area contributed by atoms with E-state index in [0.717, 1.165) is 17.7 Å². The zero-order valence-electron chi connectivity index (χ0n) is 16.9. The Morgan fingerprint density at radius 3 is 2.44 bits per heavy atom. The molecule has 0 spiro atoms. The number of aliphatic carboxylic acids is 1. The fourth-order valence-electron chi connectivity index (χ4n) is 5.40. The number of nitrogens with zero attached hydrogens (tertiary/aromatic N) is 2. The maximum atomic E-state index is 13.0. The number of benzene rings is 1. The van der Waals surface area contributed by atoms with Crippen LogP contribution in [-0.4, -0.2) is 32.1 Å². The van der Waals surface area contributed by atoms with Crippen molar-refractivity contribution in [1.29, 1.82) is 0 Å². The van der Waals surface area contributed by atoms with Gasteiger partial charge in [-0.3, -0.25) is 9.59 Å². The van der Waals surface area contributed by atoms with Crippen molar-refractivity contribution in [3.8, 4) is 0 Å². The zero-order chi connectivity index (χ0) is 22.7. The van der Waals surface area contributed by atoms with Gasteiger partial charge in [0.05, 0.1) is 29.3 Å². The smallest absolute Gasteiger partial charge is 0.416 e. The number of carboxylic acid groups (broad SMARTS) is 1. The van der Waals surface area contributed by atoms with E-state index in [1.54, 1.807) is 16.8 Å². The highest BCUT2D eigenvalue weighted by Gasteiger charge is 2.68. The first-order valence-corrected chi connectivity index (χ1v) is 10.2. The number of aromatic nitrogens is 2. The van der Waals surface area contributed by atoms with Crippen molar-refractivity contribution in [3.05, 3.63) is 71.0 Å². The lowest BCUT2D eigenvalue weighted by molar-refractivity contribution is -0.172. The van der Waals surface area contributed by atoms with Crippen molar-refractivity contribution in [3.63, 3.8) is 0 Å². The van der Waals surface area contributed by atoms with E-state index in [0.29, 0.717) is 42.3 Å². The Kier molecular flexibility index (Phi) is 4.38. The Hall–Kier alpha value is -3.36. The third kappa shape index (κ3) is 3.41. The molecule has 2 heterocycles. The molecule has 1 amide bonds. The fraction of sp³-hybridized carbons (Fsp3) is 0.348. The number of alkyl halides is 3. The van der Waals surface area contributed by atoms with Gasteiger partial charge in [-0.2, -0.15) is 18.3 Å². The van der Waals surface area contributed by atoms with Crippen molar-refractivity contribution in [1.82, 2.24) is 14.9 Å². The summed E-state index contributed by atoms with van der Waals surface area (Å²) in [5, 5.41) is 16.3. The molecule has 9 heteroatoms. The predicted molar refractivity (Wildman–Crippen MR) is 108 cm³/mol. The maximum absolute atomic E-state index is 13.0. The maximum Gasteiger partial charge on any atom is 0.416 e. The van der Waals surface area contributed by atoms with Crippen LogP contribution in [0.2, 0.25) is 0 Å². The SMILES string of the molecule is O=C(O)CC12CC(NC(=O)c3cnn4cccc(Cc5ccc(C(F)(F)F)cc5)c34)(C1)C2. The number of nitrogens with one attached hydrogen (secondary N) is 1. The monoisotopic (exact) mass is 443 g/mol. The molecule has 6 rings (SSSR count). The molecule has 3 aromatic rings. The number of pyridine rings is 1.